The predicted octanol–water partition coefficient (Wildman–Crippen LogP) is 1.11. The van der Waals surface area contributed by atoms with Crippen LogP contribution in [0.1, 0.15) is 25.0 Å². The van der Waals surface area contributed by atoms with Gasteiger partial charge in [-0.2, -0.15) is 0 Å². The van der Waals surface area contributed by atoms with Gasteiger partial charge >= 0.3 is 0 Å². The van der Waals surface area contributed by atoms with E-state index < -0.39 is 53.5 Å². The molecule has 236 valence electrons. The third-order valence-electron chi connectivity index (χ3n) is 6.77. The van der Waals surface area contributed by atoms with Crippen molar-refractivity contribution in [1.82, 2.24) is 10.6 Å². The van der Waals surface area contributed by atoms with Crippen molar-refractivity contribution in [2.75, 3.05) is 20.5 Å². The average molecular weight is 665 g/mol. The lowest BCUT2D eigenvalue weighted by molar-refractivity contribution is -0.120. The quantitative estimate of drug-likeness (QED) is 0.232. The normalized spacial score (nSPS) is 17.9. The molecule has 0 saturated carbocycles. The summed E-state index contributed by atoms with van der Waals surface area (Å²) in [5.74, 6) is -1.70. The lowest BCUT2D eigenvalue weighted by Crippen LogP contribution is -2.47. The molecule has 1 aliphatic rings. The number of hydrogen-bond acceptors (Lipinski definition) is 9. The van der Waals surface area contributed by atoms with Gasteiger partial charge in [0.1, 0.15) is 0 Å². The molecule has 0 unspecified atom stereocenters. The number of hydrogen-bond donors (Lipinski definition) is 4. The number of aliphatic hydroxyl groups excluding tert-OH is 1. The van der Waals surface area contributed by atoms with Crippen LogP contribution < -0.4 is 19.7 Å². The molecule has 0 aromatic heterocycles. The number of aliphatic hydroxyl groups is 1. The van der Waals surface area contributed by atoms with Crippen molar-refractivity contribution in [3.8, 4) is 0 Å². The Morgan fingerprint density at radius 1 is 0.773 bits per heavy atom. The number of nitrogens with one attached hydrogen (secondary N) is 3. The Balaban J connectivity index is 1.61. The van der Waals surface area contributed by atoms with Crippen LogP contribution in [0.2, 0.25) is 0 Å². The number of anilines is 2. The molecule has 1 saturated heterocycles. The number of amides is 2. The van der Waals surface area contributed by atoms with Crippen LogP contribution in [-0.2, 0) is 52.6 Å². The SMILES string of the molecule is CC(=O)NCc1ccc(S(=O)(=O)Nc2ccc(N([C@@H]3CS(=O)(=O)C[C@@H]3O)S(=O)(=O)c3ccc(CNC(C)=O)cc3)cc2)cc1. The highest BCUT2D eigenvalue weighted by Gasteiger charge is 2.45. The van der Waals surface area contributed by atoms with Crippen LogP contribution in [0.4, 0.5) is 11.4 Å². The number of carbonyl (C=O) groups excluding carboxylic acids is 2. The van der Waals surface area contributed by atoms with E-state index in [2.05, 4.69) is 15.4 Å². The zero-order valence-electron chi connectivity index (χ0n) is 23.8. The second-order valence-corrected chi connectivity index (χ2v) is 15.9. The van der Waals surface area contributed by atoms with Crippen LogP contribution in [0.5, 0.6) is 0 Å². The van der Waals surface area contributed by atoms with E-state index in [-0.39, 0.29) is 46.1 Å². The molecule has 0 aliphatic carbocycles. The van der Waals surface area contributed by atoms with E-state index in [1.165, 1.54) is 74.5 Å². The van der Waals surface area contributed by atoms with Gasteiger partial charge in [-0.25, -0.2) is 25.3 Å². The molecule has 44 heavy (non-hydrogen) atoms. The maximum atomic E-state index is 13.9. The smallest absolute Gasteiger partial charge is 0.264 e. The topological polar surface area (TPSA) is 196 Å². The van der Waals surface area contributed by atoms with E-state index in [0.29, 0.717) is 11.1 Å². The summed E-state index contributed by atoms with van der Waals surface area (Å²) >= 11 is 0. The van der Waals surface area contributed by atoms with Crippen molar-refractivity contribution in [1.29, 1.82) is 0 Å². The van der Waals surface area contributed by atoms with Crippen LogP contribution in [0.15, 0.2) is 82.6 Å². The van der Waals surface area contributed by atoms with Gasteiger partial charge in [0.2, 0.25) is 11.8 Å². The fourth-order valence-electron chi connectivity index (χ4n) is 4.57. The Bertz CT molecular complexity index is 1840. The van der Waals surface area contributed by atoms with Gasteiger partial charge in [0.15, 0.2) is 9.84 Å². The molecular weight excluding hydrogens is 633 g/mol. The largest absolute Gasteiger partial charge is 0.390 e. The van der Waals surface area contributed by atoms with Crippen molar-refractivity contribution in [2.24, 2.45) is 0 Å². The summed E-state index contributed by atoms with van der Waals surface area (Å²) in [6.45, 7) is 3.14. The molecule has 3 aromatic carbocycles. The summed E-state index contributed by atoms with van der Waals surface area (Å²) in [6, 6.07) is 15.5. The van der Waals surface area contributed by atoms with Gasteiger partial charge < -0.3 is 15.7 Å². The first kappa shape index (κ1) is 32.9. The Kier molecular flexibility index (Phi) is 9.68. The molecule has 4 N–H and O–H groups in total. The lowest BCUT2D eigenvalue weighted by atomic mass is 10.2. The Morgan fingerprint density at radius 3 is 1.68 bits per heavy atom. The van der Waals surface area contributed by atoms with Gasteiger partial charge in [-0.1, -0.05) is 24.3 Å². The molecule has 0 bridgehead atoms. The summed E-state index contributed by atoms with van der Waals surface area (Å²) in [5.41, 5.74) is 1.45. The molecule has 1 fully saturated rings. The van der Waals surface area contributed by atoms with Crippen molar-refractivity contribution in [3.05, 3.63) is 83.9 Å². The van der Waals surface area contributed by atoms with Crippen LogP contribution in [0, 0.1) is 0 Å². The van der Waals surface area contributed by atoms with Crippen LogP contribution >= 0.6 is 0 Å². The minimum atomic E-state index is -4.42. The molecule has 2 atom stereocenters. The standard InChI is InChI=1S/C28H32N4O9S3/c1-19(33)29-15-21-3-11-25(12-4-21)43(38,39)31-23-7-9-24(10-8-23)32(27-17-42(36,37)18-28(27)35)44(40,41)26-13-5-22(6-14-26)16-30-20(2)34/h3-14,27-28,31,35H,15-18H2,1-2H3,(H,29,33)(H,30,34)/t27-,28+/m1/s1. The maximum Gasteiger partial charge on any atom is 0.264 e. The molecular formula is C28H32N4O9S3. The first-order chi connectivity index (χ1) is 20.6. The highest BCUT2D eigenvalue weighted by Crippen LogP contribution is 2.32. The fourth-order valence-corrected chi connectivity index (χ4v) is 9.17. The molecule has 4 rings (SSSR count). The number of nitrogens with zero attached hydrogens (tertiary/aromatic N) is 1. The Labute approximate surface area is 256 Å². The van der Waals surface area contributed by atoms with Gasteiger partial charge in [-0.3, -0.25) is 18.6 Å². The van der Waals surface area contributed by atoms with Crippen molar-refractivity contribution >= 4 is 53.1 Å². The summed E-state index contributed by atoms with van der Waals surface area (Å²) < 4.78 is 81.6. The number of sulfonamides is 2. The molecule has 16 heteroatoms. The fraction of sp³-hybridized carbons (Fsp3) is 0.286. The Hall–Kier alpha value is -3.99. The second kappa shape index (κ2) is 12.9. The molecule has 2 amide bonds. The molecule has 1 heterocycles. The monoisotopic (exact) mass is 664 g/mol. The van der Waals surface area contributed by atoms with Crippen molar-refractivity contribution in [2.45, 2.75) is 48.9 Å². The van der Waals surface area contributed by atoms with Gasteiger partial charge in [-0.05, 0) is 59.7 Å². The first-order valence-corrected chi connectivity index (χ1v) is 18.0. The summed E-state index contributed by atoms with van der Waals surface area (Å²) in [7, 11) is -12.2. The van der Waals surface area contributed by atoms with E-state index in [0.717, 1.165) is 4.31 Å². The molecule has 1 aliphatic heterocycles. The third-order valence-corrected chi connectivity index (χ3v) is 11.7. The second-order valence-electron chi connectivity index (χ2n) is 10.3. The molecule has 3 aromatic rings. The van der Waals surface area contributed by atoms with E-state index in [9.17, 15) is 39.9 Å². The van der Waals surface area contributed by atoms with Gasteiger partial charge in [0.05, 0.1) is 39.1 Å². The van der Waals surface area contributed by atoms with Crippen LogP contribution in [0.25, 0.3) is 0 Å². The molecule has 13 nitrogen and oxygen atoms in total. The average Bonchev–Trinajstić information content (AvgIpc) is 3.23. The number of carbonyl (C=O) groups is 2. The van der Waals surface area contributed by atoms with Crippen molar-refractivity contribution in [3.63, 3.8) is 0 Å². The Morgan fingerprint density at radius 2 is 1.25 bits per heavy atom. The summed E-state index contributed by atoms with van der Waals surface area (Å²) in [5, 5.41) is 15.8. The summed E-state index contributed by atoms with van der Waals surface area (Å²) in [4.78, 5) is 22.1. The van der Waals surface area contributed by atoms with Crippen LogP contribution in [0.3, 0.4) is 0 Å². The number of benzene rings is 3. The van der Waals surface area contributed by atoms with Gasteiger partial charge in [-0.15, -0.1) is 0 Å². The van der Waals surface area contributed by atoms with E-state index >= 15 is 0 Å². The molecule has 0 radical (unpaired) electrons. The maximum absolute atomic E-state index is 13.9. The zero-order chi connectivity index (χ0) is 32.3. The predicted molar refractivity (Wildman–Crippen MR) is 163 cm³/mol. The highest BCUT2D eigenvalue weighted by atomic mass is 32.2. The number of sulfone groups is 1. The first-order valence-electron chi connectivity index (χ1n) is 13.3. The van der Waals surface area contributed by atoms with Crippen molar-refractivity contribution < 1.29 is 39.9 Å². The minimum Gasteiger partial charge on any atom is -0.390 e. The minimum absolute atomic E-state index is 0.0127. The van der Waals surface area contributed by atoms with E-state index in [1.807, 2.05) is 0 Å². The summed E-state index contributed by atoms with van der Waals surface area (Å²) in [6.07, 6.45) is -1.50. The van der Waals surface area contributed by atoms with Gasteiger partial charge in [0, 0.05) is 32.6 Å². The van der Waals surface area contributed by atoms with E-state index in [4.69, 9.17) is 0 Å². The van der Waals surface area contributed by atoms with E-state index in [1.54, 1.807) is 12.1 Å². The molecule has 0 spiro atoms. The van der Waals surface area contributed by atoms with Gasteiger partial charge in [0.25, 0.3) is 20.0 Å². The lowest BCUT2D eigenvalue weighted by Gasteiger charge is -2.31. The highest BCUT2D eigenvalue weighted by molar-refractivity contribution is 7.93. The third kappa shape index (κ3) is 7.93. The van der Waals surface area contributed by atoms with Crippen LogP contribution in [-0.4, -0.2) is 65.8 Å². The zero-order valence-corrected chi connectivity index (χ0v) is 26.2. The number of rotatable bonds is 11.